The second kappa shape index (κ2) is 8.41. The number of likely N-dealkylation sites (tertiary alicyclic amines) is 1. The van der Waals surface area contributed by atoms with Gasteiger partial charge in [-0.3, -0.25) is 9.69 Å². The Labute approximate surface area is 161 Å². The topological polar surface area (TPSA) is 87.2 Å². The molecule has 7 heteroatoms. The highest BCUT2D eigenvalue weighted by molar-refractivity contribution is 5.90. The number of benzene rings is 1. The summed E-state index contributed by atoms with van der Waals surface area (Å²) in [6.07, 6.45) is 0.393. The third-order valence-corrected chi connectivity index (χ3v) is 4.38. The first-order valence-electron chi connectivity index (χ1n) is 9.71. The van der Waals surface area contributed by atoms with Crippen LogP contribution in [0.5, 0.6) is 0 Å². The lowest BCUT2D eigenvalue weighted by Crippen LogP contribution is -2.53. The van der Waals surface area contributed by atoms with E-state index in [-0.39, 0.29) is 6.42 Å². The number of ether oxygens (including phenoxy) is 1. The predicted molar refractivity (Wildman–Crippen MR) is 100 cm³/mol. The Morgan fingerprint density at radius 1 is 1.33 bits per heavy atom. The van der Waals surface area contributed by atoms with Crippen molar-refractivity contribution in [3.63, 3.8) is 0 Å². The van der Waals surface area contributed by atoms with Crippen molar-refractivity contribution >= 4 is 18.0 Å². The summed E-state index contributed by atoms with van der Waals surface area (Å²) in [5, 5.41) is 9.43. The summed E-state index contributed by atoms with van der Waals surface area (Å²) in [7, 11) is -0.469. The number of carboxylic acids is 1. The lowest BCUT2D eigenvalue weighted by molar-refractivity contribution is -0.150. The summed E-state index contributed by atoms with van der Waals surface area (Å²) in [6, 6.07) is 7.24. The van der Waals surface area contributed by atoms with Crippen molar-refractivity contribution in [3.8, 4) is 0 Å². The Kier molecular flexibility index (Phi) is 5.98. The zero-order valence-electron chi connectivity index (χ0n) is 17.1. The highest BCUT2D eigenvalue weighted by atomic mass is 16.6. The van der Waals surface area contributed by atoms with Crippen LogP contribution >= 0.6 is 0 Å². The Hall–Kier alpha value is -2.57. The van der Waals surface area contributed by atoms with Crippen molar-refractivity contribution in [2.45, 2.75) is 57.7 Å². The quantitative estimate of drug-likeness (QED) is 0.852. The van der Waals surface area contributed by atoms with Gasteiger partial charge in [-0.25, -0.2) is 9.59 Å². The SMILES string of the molecule is [2H]CN(C(=O)OC(C)(C)C)[C@@H](Cc1ccccc1)C(=O)N1CCC[C@H]1C(=O)O. The fourth-order valence-corrected chi connectivity index (χ4v) is 3.09. The average Bonchev–Trinajstić information content (AvgIpc) is 3.10. The molecule has 1 aromatic rings. The van der Waals surface area contributed by atoms with E-state index in [2.05, 4.69) is 0 Å². The molecule has 0 bridgehead atoms. The van der Waals surface area contributed by atoms with Crippen molar-refractivity contribution < 1.29 is 25.6 Å². The molecule has 1 aromatic carbocycles. The molecular formula is C20H28N2O5. The number of aliphatic carboxylic acids is 1. The van der Waals surface area contributed by atoms with Crippen LogP contribution in [-0.4, -0.2) is 64.1 Å². The molecule has 1 aliphatic rings. The van der Waals surface area contributed by atoms with Crippen molar-refractivity contribution in [2.75, 3.05) is 13.6 Å². The number of amides is 2. The molecule has 1 aliphatic heterocycles. The highest BCUT2D eigenvalue weighted by Crippen LogP contribution is 2.22. The Morgan fingerprint density at radius 2 is 2.00 bits per heavy atom. The first-order valence-corrected chi connectivity index (χ1v) is 9.00. The van der Waals surface area contributed by atoms with Crippen LogP contribution in [0.15, 0.2) is 30.3 Å². The van der Waals surface area contributed by atoms with Crippen molar-refractivity contribution in [3.05, 3.63) is 35.9 Å². The van der Waals surface area contributed by atoms with Gasteiger partial charge in [0.2, 0.25) is 5.91 Å². The van der Waals surface area contributed by atoms with E-state index < -0.39 is 42.7 Å². The van der Waals surface area contributed by atoms with E-state index in [1.807, 2.05) is 30.3 Å². The Balaban J connectivity index is 2.33. The number of carbonyl (C=O) groups excluding carboxylic acids is 2. The smallest absolute Gasteiger partial charge is 0.410 e. The minimum absolute atomic E-state index is 0.181. The van der Waals surface area contributed by atoms with Crippen LogP contribution in [0.1, 0.15) is 40.5 Å². The number of rotatable bonds is 5. The highest BCUT2D eigenvalue weighted by Gasteiger charge is 2.40. The maximum absolute atomic E-state index is 13.3. The van der Waals surface area contributed by atoms with E-state index in [1.165, 1.54) is 4.90 Å². The van der Waals surface area contributed by atoms with Gasteiger partial charge in [0, 0.05) is 21.4 Å². The van der Waals surface area contributed by atoms with Crippen molar-refractivity contribution in [1.82, 2.24) is 9.80 Å². The normalized spacial score (nSPS) is 18.6. The second-order valence-corrected chi connectivity index (χ2v) is 7.68. The van der Waals surface area contributed by atoms with Gasteiger partial charge in [-0.1, -0.05) is 30.3 Å². The van der Waals surface area contributed by atoms with E-state index in [0.29, 0.717) is 19.4 Å². The van der Waals surface area contributed by atoms with E-state index >= 15 is 0 Å². The van der Waals surface area contributed by atoms with Gasteiger partial charge in [0.15, 0.2) is 0 Å². The molecule has 0 saturated carbocycles. The summed E-state index contributed by atoms with van der Waals surface area (Å²) in [6.45, 7) is 5.45. The largest absolute Gasteiger partial charge is 0.480 e. The minimum Gasteiger partial charge on any atom is -0.480 e. The first-order chi connectivity index (χ1) is 13.1. The molecule has 0 aliphatic carbocycles. The molecule has 1 saturated heterocycles. The van der Waals surface area contributed by atoms with Gasteiger partial charge in [0.1, 0.15) is 17.7 Å². The molecule has 27 heavy (non-hydrogen) atoms. The van der Waals surface area contributed by atoms with Crippen LogP contribution in [0, 0.1) is 0 Å². The van der Waals surface area contributed by atoms with Crippen LogP contribution < -0.4 is 0 Å². The minimum atomic E-state index is -1.06. The maximum Gasteiger partial charge on any atom is 0.410 e. The monoisotopic (exact) mass is 377 g/mol. The van der Waals surface area contributed by atoms with Crippen LogP contribution in [0.3, 0.4) is 0 Å². The first kappa shape index (κ1) is 19.2. The molecule has 1 heterocycles. The third kappa shape index (κ3) is 5.45. The van der Waals surface area contributed by atoms with Gasteiger partial charge in [-0.05, 0) is 39.2 Å². The Morgan fingerprint density at radius 3 is 2.56 bits per heavy atom. The molecule has 2 rings (SSSR count). The van der Waals surface area contributed by atoms with E-state index in [1.54, 1.807) is 20.8 Å². The number of carboxylic acid groups (broad SMARTS) is 1. The molecule has 148 valence electrons. The maximum atomic E-state index is 13.3. The molecule has 1 N–H and O–H groups in total. The fraction of sp³-hybridized carbons (Fsp3) is 0.550. The zero-order valence-corrected chi connectivity index (χ0v) is 16.1. The fourth-order valence-electron chi connectivity index (χ4n) is 3.09. The number of nitrogens with zero attached hydrogens (tertiary/aromatic N) is 2. The molecular weight excluding hydrogens is 348 g/mol. The molecule has 2 atom stereocenters. The lowest BCUT2D eigenvalue weighted by Gasteiger charge is -2.33. The number of hydrogen-bond acceptors (Lipinski definition) is 4. The van der Waals surface area contributed by atoms with Crippen LogP contribution in [0.25, 0.3) is 0 Å². The van der Waals surface area contributed by atoms with Crippen LogP contribution in [-0.2, 0) is 20.7 Å². The number of hydrogen-bond donors (Lipinski definition) is 1. The average molecular weight is 377 g/mol. The molecule has 0 unspecified atom stereocenters. The predicted octanol–water partition coefficient (Wildman–Crippen LogP) is 2.54. The standard InChI is InChI=1S/C20H28N2O5/c1-20(2,3)27-19(26)21(4)16(13-14-9-6-5-7-10-14)17(23)22-12-8-11-15(22)18(24)25/h5-7,9-10,15-16H,8,11-13H2,1-4H3,(H,24,25)/t15-,16-/m0/s1/i4D. The van der Waals surface area contributed by atoms with Gasteiger partial charge in [0.05, 0.1) is 0 Å². The van der Waals surface area contributed by atoms with Gasteiger partial charge >= 0.3 is 12.1 Å². The van der Waals surface area contributed by atoms with E-state index in [9.17, 15) is 19.5 Å². The summed E-state index contributed by atoms with van der Waals surface area (Å²) >= 11 is 0. The lowest BCUT2D eigenvalue weighted by atomic mass is 10.0. The van der Waals surface area contributed by atoms with Crippen LogP contribution in [0.2, 0.25) is 0 Å². The number of carbonyl (C=O) groups is 3. The molecule has 0 spiro atoms. The molecule has 1 fully saturated rings. The van der Waals surface area contributed by atoms with E-state index in [0.717, 1.165) is 10.5 Å². The molecule has 0 aromatic heterocycles. The van der Waals surface area contributed by atoms with Crippen LogP contribution in [0.4, 0.5) is 4.79 Å². The number of likely N-dealkylation sites (N-methyl/N-ethyl adjacent to an activating group) is 1. The summed E-state index contributed by atoms with van der Waals surface area (Å²) in [4.78, 5) is 39.8. The Bertz CT molecular complexity index is 704. The van der Waals surface area contributed by atoms with E-state index in [4.69, 9.17) is 6.11 Å². The summed E-state index contributed by atoms with van der Waals surface area (Å²) in [5.41, 5.74) is 0.0381. The van der Waals surface area contributed by atoms with Gasteiger partial charge in [-0.2, -0.15) is 0 Å². The zero-order chi connectivity index (χ0) is 20.9. The molecule has 0 radical (unpaired) electrons. The van der Waals surface area contributed by atoms with Crippen molar-refractivity contribution in [2.24, 2.45) is 0 Å². The third-order valence-electron chi connectivity index (χ3n) is 4.38. The summed E-state index contributed by atoms with van der Waals surface area (Å²) < 4.78 is 13.2. The molecule has 2 amide bonds. The summed E-state index contributed by atoms with van der Waals surface area (Å²) in [5.74, 6) is -1.52. The van der Waals surface area contributed by atoms with Gasteiger partial charge < -0.3 is 14.7 Å². The van der Waals surface area contributed by atoms with Gasteiger partial charge in [0.25, 0.3) is 0 Å². The second-order valence-electron chi connectivity index (χ2n) is 7.68. The van der Waals surface area contributed by atoms with Crippen molar-refractivity contribution in [1.29, 1.82) is 0 Å². The van der Waals surface area contributed by atoms with Gasteiger partial charge in [-0.15, -0.1) is 0 Å². The molecule has 7 nitrogen and oxygen atoms in total.